The summed E-state index contributed by atoms with van der Waals surface area (Å²) in [6.45, 7) is 12.5. The third-order valence-electron chi connectivity index (χ3n) is 4.23. The van der Waals surface area contributed by atoms with Crippen LogP contribution in [-0.4, -0.2) is 54.1 Å². The number of carbonyl (C=O) groups is 3. The van der Waals surface area contributed by atoms with E-state index in [1.165, 1.54) is 0 Å². The molecule has 0 unspecified atom stereocenters. The molecular weight excluding hydrogens is 334 g/mol. The van der Waals surface area contributed by atoms with Gasteiger partial charge in [-0.1, -0.05) is 19.4 Å². The van der Waals surface area contributed by atoms with Crippen LogP contribution in [0.25, 0.3) is 0 Å². The van der Waals surface area contributed by atoms with Crippen molar-refractivity contribution in [3.63, 3.8) is 0 Å². The van der Waals surface area contributed by atoms with Crippen LogP contribution >= 0.6 is 0 Å². The molecule has 1 fully saturated rings. The second kappa shape index (κ2) is 9.59. The molecule has 0 aromatic carbocycles. The van der Waals surface area contributed by atoms with E-state index in [2.05, 4.69) is 24.5 Å². The Morgan fingerprint density at radius 3 is 2.27 bits per heavy atom. The number of carbonyl (C=O) groups excluding carboxylic acids is 3. The minimum Gasteiger partial charge on any atom is -0.444 e. The van der Waals surface area contributed by atoms with Crippen molar-refractivity contribution in [2.24, 2.45) is 5.92 Å². The van der Waals surface area contributed by atoms with E-state index >= 15 is 0 Å². The largest absolute Gasteiger partial charge is 0.444 e. The van der Waals surface area contributed by atoms with E-state index in [1.54, 1.807) is 26.8 Å². The zero-order valence-electron chi connectivity index (χ0n) is 16.8. The first-order chi connectivity index (χ1) is 12.0. The van der Waals surface area contributed by atoms with Crippen LogP contribution in [0.1, 0.15) is 54.4 Å². The number of hydrogen-bond donors (Lipinski definition) is 2. The fourth-order valence-corrected chi connectivity index (χ4v) is 2.44. The Hall–Kier alpha value is -2.05. The van der Waals surface area contributed by atoms with Gasteiger partial charge in [0.1, 0.15) is 12.1 Å². The van der Waals surface area contributed by atoms with Gasteiger partial charge in [-0.3, -0.25) is 9.59 Å². The number of ether oxygens (including phenoxy) is 1. The minimum absolute atomic E-state index is 0.0159. The molecule has 0 spiro atoms. The highest BCUT2D eigenvalue weighted by Crippen LogP contribution is 2.13. The Morgan fingerprint density at radius 1 is 1.19 bits per heavy atom. The molecule has 0 aromatic heterocycles. The van der Waals surface area contributed by atoms with E-state index in [-0.39, 0.29) is 24.4 Å². The van der Waals surface area contributed by atoms with E-state index in [0.717, 1.165) is 5.57 Å². The molecule has 0 atom stereocenters. The van der Waals surface area contributed by atoms with Gasteiger partial charge in [0.2, 0.25) is 11.8 Å². The number of nitrogens with zero attached hydrogens (tertiary/aromatic N) is 1. The predicted octanol–water partition coefficient (Wildman–Crippen LogP) is 2.22. The number of piperidine rings is 1. The molecule has 1 aliphatic heterocycles. The lowest BCUT2D eigenvalue weighted by molar-refractivity contribution is -0.127. The number of nitrogens with one attached hydrogen (secondary N) is 2. The van der Waals surface area contributed by atoms with Crippen molar-refractivity contribution >= 4 is 17.9 Å². The van der Waals surface area contributed by atoms with Gasteiger partial charge in [-0.15, -0.1) is 0 Å². The smallest absolute Gasteiger partial charge is 0.408 e. The van der Waals surface area contributed by atoms with Crippen molar-refractivity contribution in [3.8, 4) is 0 Å². The van der Waals surface area contributed by atoms with Gasteiger partial charge in [-0.05, 0) is 46.5 Å². The summed E-state index contributed by atoms with van der Waals surface area (Å²) >= 11 is 0. The molecule has 1 heterocycles. The van der Waals surface area contributed by atoms with E-state index in [1.807, 2.05) is 11.8 Å². The van der Waals surface area contributed by atoms with Crippen molar-refractivity contribution in [3.05, 3.63) is 11.6 Å². The van der Waals surface area contributed by atoms with Gasteiger partial charge in [0.05, 0.1) is 0 Å². The average Bonchev–Trinajstić information content (AvgIpc) is 2.51. The lowest BCUT2D eigenvalue weighted by Gasteiger charge is -2.32. The topological polar surface area (TPSA) is 87.7 Å². The zero-order chi connectivity index (χ0) is 19.9. The highest BCUT2D eigenvalue weighted by Gasteiger charge is 2.23. The normalized spacial score (nSPS) is 16.4. The number of rotatable bonds is 5. The third-order valence-corrected chi connectivity index (χ3v) is 4.23. The van der Waals surface area contributed by atoms with Gasteiger partial charge in [-0.2, -0.15) is 0 Å². The Morgan fingerprint density at radius 2 is 1.77 bits per heavy atom. The van der Waals surface area contributed by atoms with Gasteiger partial charge in [-0.25, -0.2) is 4.79 Å². The maximum absolute atomic E-state index is 12.2. The first kappa shape index (κ1) is 22.0. The number of allylic oxidation sites excluding steroid dienone is 1. The Labute approximate surface area is 156 Å². The number of amides is 3. The monoisotopic (exact) mass is 367 g/mol. The average molecular weight is 367 g/mol. The van der Waals surface area contributed by atoms with Gasteiger partial charge in [0.25, 0.3) is 0 Å². The fraction of sp³-hybridized carbons (Fsp3) is 0.737. The highest BCUT2D eigenvalue weighted by atomic mass is 16.6. The van der Waals surface area contributed by atoms with Crippen molar-refractivity contribution in [1.29, 1.82) is 0 Å². The maximum atomic E-state index is 12.2. The molecule has 2 N–H and O–H groups in total. The molecule has 0 radical (unpaired) electrons. The highest BCUT2D eigenvalue weighted by molar-refractivity contribution is 5.88. The van der Waals surface area contributed by atoms with Gasteiger partial charge in [0, 0.05) is 25.2 Å². The van der Waals surface area contributed by atoms with Gasteiger partial charge in [0.15, 0.2) is 0 Å². The quantitative estimate of drug-likeness (QED) is 0.730. The lowest BCUT2D eigenvalue weighted by atomic mass is 10.0. The van der Waals surface area contributed by atoms with E-state index in [4.69, 9.17) is 4.74 Å². The SMILES string of the molecule is C/C(=C\C(=O)N1CCC(NC(=O)CNC(=O)OC(C)(C)C)CC1)C(C)C. The van der Waals surface area contributed by atoms with Crippen LogP contribution in [0.5, 0.6) is 0 Å². The molecule has 1 rings (SSSR count). The molecule has 7 heteroatoms. The molecule has 26 heavy (non-hydrogen) atoms. The Balaban J connectivity index is 2.33. The molecular formula is C19H33N3O4. The second-order valence-corrected chi connectivity index (χ2v) is 8.07. The van der Waals surface area contributed by atoms with E-state index < -0.39 is 11.7 Å². The summed E-state index contributed by atoms with van der Waals surface area (Å²) in [5.74, 6) is 0.136. The molecule has 1 aliphatic rings. The summed E-state index contributed by atoms with van der Waals surface area (Å²) in [5, 5.41) is 5.34. The maximum Gasteiger partial charge on any atom is 0.408 e. The molecule has 0 saturated carbocycles. The van der Waals surface area contributed by atoms with Gasteiger partial charge >= 0.3 is 6.09 Å². The second-order valence-electron chi connectivity index (χ2n) is 8.07. The van der Waals surface area contributed by atoms with Crippen molar-refractivity contribution < 1.29 is 19.1 Å². The zero-order valence-corrected chi connectivity index (χ0v) is 16.8. The fourth-order valence-electron chi connectivity index (χ4n) is 2.44. The van der Waals surface area contributed by atoms with Crippen LogP contribution in [0.4, 0.5) is 4.79 Å². The summed E-state index contributed by atoms with van der Waals surface area (Å²) < 4.78 is 5.09. The predicted molar refractivity (Wildman–Crippen MR) is 101 cm³/mol. The molecule has 1 saturated heterocycles. The third kappa shape index (κ3) is 8.36. The summed E-state index contributed by atoms with van der Waals surface area (Å²) in [5.41, 5.74) is 0.473. The summed E-state index contributed by atoms with van der Waals surface area (Å²) in [6, 6.07) is 0.0159. The van der Waals surface area contributed by atoms with Crippen LogP contribution in [0.15, 0.2) is 11.6 Å². The first-order valence-corrected chi connectivity index (χ1v) is 9.21. The molecule has 0 aliphatic carbocycles. The minimum atomic E-state index is -0.611. The lowest BCUT2D eigenvalue weighted by Crippen LogP contribution is -2.48. The molecule has 3 amide bonds. The van der Waals surface area contributed by atoms with Crippen LogP contribution in [0, 0.1) is 5.92 Å². The van der Waals surface area contributed by atoms with Crippen molar-refractivity contribution in [2.45, 2.75) is 66.0 Å². The van der Waals surface area contributed by atoms with Crippen LogP contribution in [-0.2, 0) is 14.3 Å². The summed E-state index contributed by atoms with van der Waals surface area (Å²) in [7, 11) is 0. The summed E-state index contributed by atoms with van der Waals surface area (Å²) in [6.07, 6.45) is 2.51. The molecule has 0 bridgehead atoms. The van der Waals surface area contributed by atoms with Crippen LogP contribution < -0.4 is 10.6 Å². The summed E-state index contributed by atoms with van der Waals surface area (Å²) in [4.78, 5) is 37.5. The van der Waals surface area contributed by atoms with Gasteiger partial charge < -0.3 is 20.3 Å². The van der Waals surface area contributed by atoms with E-state index in [9.17, 15) is 14.4 Å². The van der Waals surface area contributed by atoms with Crippen molar-refractivity contribution in [1.82, 2.24) is 15.5 Å². The molecule has 7 nitrogen and oxygen atoms in total. The molecule has 0 aromatic rings. The number of alkyl carbamates (subject to hydrolysis) is 1. The Kier molecular flexibility index (Phi) is 8.11. The van der Waals surface area contributed by atoms with Crippen LogP contribution in [0.2, 0.25) is 0 Å². The van der Waals surface area contributed by atoms with Crippen molar-refractivity contribution in [2.75, 3.05) is 19.6 Å². The first-order valence-electron chi connectivity index (χ1n) is 9.21. The Bertz CT molecular complexity index is 541. The van der Waals surface area contributed by atoms with Crippen LogP contribution in [0.3, 0.4) is 0 Å². The molecule has 148 valence electrons. The van der Waals surface area contributed by atoms with E-state index in [0.29, 0.717) is 31.8 Å². The standard InChI is InChI=1S/C19H33N3O4/c1-13(2)14(3)11-17(24)22-9-7-15(8-10-22)21-16(23)12-20-18(25)26-19(4,5)6/h11,13,15H,7-10,12H2,1-6H3,(H,20,25)(H,21,23)/b14-11+. The number of hydrogen-bond acceptors (Lipinski definition) is 4. The number of likely N-dealkylation sites (tertiary alicyclic amines) is 1.